The minimum atomic E-state index is -0.486. The van der Waals surface area contributed by atoms with Gasteiger partial charge in [-0.25, -0.2) is 4.79 Å². The topological polar surface area (TPSA) is 76.2 Å². The number of hydrogen-bond acceptors (Lipinski definition) is 5. The summed E-state index contributed by atoms with van der Waals surface area (Å²) in [6, 6.07) is 10.3. The highest BCUT2D eigenvalue weighted by molar-refractivity contribution is 5.86. The van der Waals surface area contributed by atoms with Crippen molar-refractivity contribution in [1.82, 2.24) is 0 Å². The molecule has 1 saturated heterocycles. The van der Waals surface area contributed by atoms with Crippen molar-refractivity contribution in [2.45, 2.75) is 26.3 Å². The van der Waals surface area contributed by atoms with Crippen LogP contribution in [0, 0.1) is 5.92 Å². The molecule has 30 heavy (non-hydrogen) atoms. The van der Waals surface area contributed by atoms with Crippen molar-refractivity contribution in [3.05, 3.63) is 52.4 Å². The fourth-order valence-corrected chi connectivity index (χ4v) is 4.20. The summed E-state index contributed by atoms with van der Waals surface area (Å²) in [5.74, 6) is 1.81. The van der Waals surface area contributed by atoms with E-state index in [1.165, 1.54) is 4.90 Å². The average molecular weight is 409 g/mol. The number of benzene rings is 2. The summed E-state index contributed by atoms with van der Waals surface area (Å²) in [5, 5.41) is 13.3. The van der Waals surface area contributed by atoms with E-state index in [-0.39, 0.29) is 5.75 Å². The minimum Gasteiger partial charge on any atom is -0.872 e. The SMILES string of the molecule is COc1ccc(-c2cc3ccc([O-])c(C[NH+]4CCC(C)CC4)c3oc2=O)c(OC)c1. The quantitative estimate of drug-likeness (QED) is 0.655. The van der Waals surface area contributed by atoms with Gasteiger partial charge in [0.2, 0.25) is 0 Å². The van der Waals surface area contributed by atoms with Crippen molar-refractivity contribution in [1.29, 1.82) is 0 Å². The van der Waals surface area contributed by atoms with Crippen LogP contribution < -0.4 is 25.1 Å². The zero-order chi connectivity index (χ0) is 21.3. The number of likely N-dealkylation sites (tertiary alicyclic amines) is 1. The molecule has 0 radical (unpaired) electrons. The summed E-state index contributed by atoms with van der Waals surface area (Å²) in [5.41, 5.74) is 1.51. The number of nitrogens with one attached hydrogen (secondary N) is 1. The van der Waals surface area contributed by atoms with Gasteiger partial charge in [0.05, 0.1) is 32.9 Å². The lowest BCUT2D eigenvalue weighted by molar-refractivity contribution is -0.919. The number of quaternary nitrogens is 1. The van der Waals surface area contributed by atoms with Crippen LogP contribution in [0.1, 0.15) is 25.3 Å². The predicted molar refractivity (Wildman–Crippen MR) is 113 cm³/mol. The number of hydrogen-bond donors (Lipinski definition) is 1. The number of piperidine rings is 1. The van der Waals surface area contributed by atoms with E-state index in [1.54, 1.807) is 50.6 Å². The molecule has 1 fully saturated rings. The van der Waals surface area contributed by atoms with Crippen LogP contribution in [0.15, 0.2) is 45.6 Å². The fourth-order valence-electron chi connectivity index (χ4n) is 4.20. The Hall–Kier alpha value is -2.99. The molecule has 0 saturated carbocycles. The maximum Gasteiger partial charge on any atom is 0.344 e. The van der Waals surface area contributed by atoms with Crippen molar-refractivity contribution in [3.8, 4) is 28.4 Å². The van der Waals surface area contributed by atoms with Crippen LogP contribution in [0.4, 0.5) is 0 Å². The molecule has 0 aliphatic carbocycles. The summed E-state index contributed by atoms with van der Waals surface area (Å²) in [4.78, 5) is 14.3. The molecule has 4 rings (SSSR count). The molecule has 158 valence electrons. The number of rotatable bonds is 5. The summed E-state index contributed by atoms with van der Waals surface area (Å²) in [7, 11) is 3.12. The van der Waals surface area contributed by atoms with E-state index in [1.807, 2.05) is 0 Å². The largest absolute Gasteiger partial charge is 0.872 e. The highest BCUT2D eigenvalue weighted by atomic mass is 16.5. The first kappa shape index (κ1) is 20.3. The van der Waals surface area contributed by atoms with E-state index in [2.05, 4.69) is 6.92 Å². The Morgan fingerprint density at radius 1 is 1.07 bits per heavy atom. The first-order valence-electron chi connectivity index (χ1n) is 10.3. The van der Waals surface area contributed by atoms with Crippen molar-refractivity contribution >= 4 is 11.0 Å². The van der Waals surface area contributed by atoms with Crippen LogP contribution in [0.2, 0.25) is 0 Å². The normalized spacial score (nSPS) is 19.0. The molecule has 1 aliphatic heterocycles. The van der Waals surface area contributed by atoms with E-state index in [4.69, 9.17) is 13.9 Å². The van der Waals surface area contributed by atoms with E-state index < -0.39 is 5.63 Å². The minimum absolute atomic E-state index is 0.0773. The second-order valence-corrected chi connectivity index (χ2v) is 8.08. The van der Waals surface area contributed by atoms with Gasteiger partial charge in [0.1, 0.15) is 23.6 Å². The molecule has 2 aromatic carbocycles. The Morgan fingerprint density at radius 3 is 2.53 bits per heavy atom. The molecule has 6 nitrogen and oxygen atoms in total. The van der Waals surface area contributed by atoms with Crippen LogP contribution in [0.25, 0.3) is 22.1 Å². The molecule has 2 heterocycles. The van der Waals surface area contributed by atoms with Gasteiger partial charge in [-0.05, 0) is 37.0 Å². The molecule has 3 aromatic rings. The third-order valence-corrected chi connectivity index (χ3v) is 6.07. The fraction of sp³-hybridized carbons (Fsp3) is 0.375. The van der Waals surface area contributed by atoms with Crippen LogP contribution in [-0.2, 0) is 6.54 Å². The molecule has 1 N–H and O–H groups in total. The van der Waals surface area contributed by atoms with Crippen molar-refractivity contribution in [2.24, 2.45) is 5.92 Å². The Balaban J connectivity index is 1.77. The number of methoxy groups -OCH3 is 2. The maximum atomic E-state index is 12.9. The van der Waals surface area contributed by atoms with Crippen LogP contribution in [-0.4, -0.2) is 27.3 Å². The molecular formula is C24H27NO5. The Morgan fingerprint density at radius 2 is 1.83 bits per heavy atom. The third-order valence-electron chi connectivity index (χ3n) is 6.07. The lowest BCUT2D eigenvalue weighted by atomic mass is 9.98. The number of fused-ring (bicyclic) bond motifs is 1. The standard InChI is InChI=1S/C24H27NO5/c1-15-8-10-25(11-9-15)14-20-21(26)7-4-16-12-19(24(27)30-23(16)20)18-6-5-17(28-2)13-22(18)29-3/h4-7,12-13,15,26H,8-11,14H2,1-3H3. The summed E-state index contributed by atoms with van der Waals surface area (Å²) in [6.07, 6.45) is 2.30. The van der Waals surface area contributed by atoms with Crippen LogP contribution in [0.5, 0.6) is 17.2 Å². The van der Waals surface area contributed by atoms with Gasteiger partial charge < -0.3 is 23.9 Å². The van der Waals surface area contributed by atoms with Crippen molar-refractivity contribution in [3.63, 3.8) is 0 Å². The van der Waals surface area contributed by atoms with Gasteiger partial charge in [-0.2, -0.15) is 0 Å². The van der Waals surface area contributed by atoms with Crippen molar-refractivity contribution < 1.29 is 23.9 Å². The lowest BCUT2D eigenvalue weighted by Crippen LogP contribution is -3.11. The van der Waals surface area contributed by atoms with Crippen LogP contribution >= 0.6 is 0 Å². The highest BCUT2D eigenvalue weighted by Crippen LogP contribution is 2.34. The van der Waals surface area contributed by atoms with Gasteiger partial charge in [-0.15, -0.1) is 0 Å². The second kappa shape index (κ2) is 8.40. The van der Waals surface area contributed by atoms with E-state index in [0.29, 0.717) is 40.3 Å². The molecular weight excluding hydrogens is 382 g/mol. The first-order chi connectivity index (χ1) is 14.5. The maximum absolute atomic E-state index is 12.9. The van der Waals surface area contributed by atoms with E-state index in [0.717, 1.165) is 37.2 Å². The highest BCUT2D eigenvalue weighted by Gasteiger charge is 2.22. The summed E-state index contributed by atoms with van der Waals surface area (Å²) < 4.78 is 16.4. The van der Waals surface area contributed by atoms with E-state index in [9.17, 15) is 9.90 Å². The monoisotopic (exact) mass is 409 g/mol. The molecule has 0 amide bonds. The summed E-state index contributed by atoms with van der Waals surface area (Å²) in [6.45, 7) is 4.91. The molecule has 1 aromatic heterocycles. The lowest BCUT2D eigenvalue weighted by Gasteiger charge is -2.28. The Kier molecular flexibility index (Phi) is 5.68. The van der Waals surface area contributed by atoms with Gasteiger partial charge >= 0.3 is 5.63 Å². The Labute approximate surface area is 175 Å². The molecule has 0 atom stereocenters. The molecule has 0 spiro atoms. The second-order valence-electron chi connectivity index (χ2n) is 8.08. The zero-order valence-electron chi connectivity index (χ0n) is 17.6. The molecule has 0 unspecified atom stereocenters. The zero-order valence-corrected chi connectivity index (χ0v) is 17.6. The molecule has 0 bridgehead atoms. The average Bonchev–Trinajstić information content (AvgIpc) is 2.76. The van der Waals surface area contributed by atoms with Gasteiger partial charge in [-0.1, -0.05) is 24.8 Å². The van der Waals surface area contributed by atoms with Gasteiger partial charge in [0.25, 0.3) is 0 Å². The smallest absolute Gasteiger partial charge is 0.344 e. The summed E-state index contributed by atoms with van der Waals surface area (Å²) >= 11 is 0. The van der Waals surface area contributed by atoms with Crippen molar-refractivity contribution in [2.75, 3.05) is 27.3 Å². The number of ether oxygens (including phenoxy) is 2. The first-order valence-corrected chi connectivity index (χ1v) is 10.3. The van der Waals surface area contributed by atoms with Crippen LogP contribution in [0.3, 0.4) is 0 Å². The predicted octanol–water partition coefficient (Wildman–Crippen LogP) is 2.37. The van der Waals surface area contributed by atoms with Gasteiger partial charge in [0.15, 0.2) is 0 Å². The molecule has 1 aliphatic rings. The van der Waals surface area contributed by atoms with Gasteiger partial charge in [0, 0.05) is 22.6 Å². The van der Waals surface area contributed by atoms with E-state index >= 15 is 0 Å². The van der Waals surface area contributed by atoms with Gasteiger partial charge in [-0.3, -0.25) is 0 Å². The molecule has 6 heteroatoms. The Bertz CT molecular complexity index is 1110. The third kappa shape index (κ3) is 3.87.